The standard InChI is InChI=1S/C15H21BrFN/c1-3-15(4-2)8-9-18(11-15)14-12(10-16)6-5-7-13(14)17/h5-7H,3-4,8-11H2,1-2H3. The van der Waals surface area contributed by atoms with Crippen molar-refractivity contribution in [1.82, 2.24) is 0 Å². The van der Waals surface area contributed by atoms with Crippen molar-refractivity contribution in [3.05, 3.63) is 29.6 Å². The molecule has 1 saturated heterocycles. The summed E-state index contributed by atoms with van der Waals surface area (Å²) in [6, 6.07) is 5.36. The predicted octanol–water partition coefficient (Wildman–Crippen LogP) is 4.74. The lowest BCUT2D eigenvalue weighted by molar-refractivity contribution is 0.301. The van der Waals surface area contributed by atoms with Crippen molar-refractivity contribution in [2.24, 2.45) is 5.41 Å². The van der Waals surface area contributed by atoms with Crippen LogP contribution >= 0.6 is 15.9 Å². The molecule has 100 valence electrons. The first-order valence-corrected chi connectivity index (χ1v) is 7.86. The number of benzene rings is 1. The molecule has 0 saturated carbocycles. The summed E-state index contributed by atoms with van der Waals surface area (Å²) >= 11 is 3.46. The van der Waals surface area contributed by atoms with Crippen molar-refractivity contribution < 1.29 is 4.39 Å². The van der Waals surface area contributed by atoms with E-state index in [4.69, 9.17) is 0 Å². The van der Waals surface area contributed by atoms with E-state index in [1.807, 2.05) is 6.07 Å². The van der Waals surface area contributed by atoms with Crippen LogP contribution in [0.4, 0.5) is 10.1 Å². The van der Waals surface area contributed by atoms with Crippen molar-refractivity contribution in [2.45, 2.75) is 38.4 Å². The van der Waals surface area contributed by atoms with Gasteiger partial charge < -0.3 is 4.90 Å². The summed E-state index contributed by atoms with van der Waals surface area (Å²) in [7, 11) is 0. The van der Waals surface area contributed by atoms with Crippen LogP contribution in [0.3, 0.4) is 0 Å². The van der Waals surface area contributed by atoms with Gasteiger partial charge in [-0.05, 0) is 36.3 Å². The average molecular weight is 314 g/mol. The molecule has 0 unspecified atom stereocenters. The number of nitrogens with zero attached hydrogens (tertiary/aromatic N) is 1. The minimum absolute atomic E-state index is 0.0880. The first-order valence-electron chi connectivity index (χ1n) is 6.74. The van der Waals surface area contributed by atoms with Crippen LogP contribution < -0.4 is 4.90 Å². The molecule has 2 rings (SSSR count). The fourth-order valence-corrected chi connectivity index (χ4v) is 3.43. The van der Waals surface area contributed by atoms with Crippen LogP contribution in [0.5, 0.6) is 0 Å². The third-order valence-corrected chi connectivity index (χ3v) is 5.07. The van der Waals surface area contributed by atoms with Gasteiger partial charge in [-0.2, -0.15) is 0 Å². The first-order chi connectivity index (χ1) is 8.65. The van der Waals surface area contributed by atoms with Gasteiger partial charge in [0, 0.05) is 18.4 Å². The fourth-order valence-electron chi connectivity index (χ4n) is 2.98. The number of anilines is 1. The lowest BCUT2D eigenvalue weighted by Gasteiger charge is -2.28. The highest BCUT2D eigenvalue weighted by Gasteiger charge is 2.36. The molecule has 1 heterocycles. The van der Waals surface area contributed by atoms with E-state index in [1.165, 1.54) is 19.3 Å². The zero-order valence-electron chi connectivity index (χ0n) is 11.2. The van der Waals surface area contributed by atoms with Crippen LogP contribution in [0.15, 0.2) is 18.2 Å². The van der Waals surface area contributed by atoms with Crippen molar-refractivity contribution in [3.8, 4) is 0 Å². The van der Waals surface area contributed by atoms with Crippen molar-refractivity contribution in [1.29, 1.82) is 0 Å². The van der Waals surface area contributed by atoms with Crippen LogP contribution in [0.2, 0.25) is 0 Å². The molecule has 0 aliphatic carbocycles. The van der Waals surface area contributed by atoms with Gasteiger partial charge in [0.05, 0.1) is 5.69 Å². The second kappa shape index (κ2) is 5.60. The third kappa shape index (κ3) is 2.42. The Morgan fingerprint density at radius 1 is 1.33 bits per heavy atom. The molecular weight excluding hydrogens is 293 g/mol. The molecule has 0 amide bonds. The lowest BCUT2D eigenvalue weighted by Crippen LogP contribution is -2.27. The summed E-state index contributed by atoms with van der Waals surface area (Å²) in [6.45, 7) is 6.46. The quantitative estimate of drug-likeness (QED) is 0.726. The Morgan fingerprint density at radius 3 is 2.61 bits per heavy atom. The minimum Gasteiger partial charge on any atom is -0.368 e. The van der Waals surface area contributed by atoms with Gasteiger partial charge in [0.25, 0.3) is 0 Å². The van der Waals surface area contributed by atoms with E-state index in [2.05, 4.69) is 34.7 Å². The molecule has 1 aliphatic rings. The summed E-state index contributed by atoms with van der Waals surface area (Å²) in [5, 5.41) is 0.710. The largest absolute Gasteiger partial charge is 0.368 e. The second-order valence-electron chi connectivity index (χ2n) is 5.26. The predicted molar refractivity (Wildman–Crippen MR) is 78.9 cm³/mol. The van der Waals surface area contributed by atoms with Gasteiger partial charge in [-0.3, -0.25) is 0 Å². The monoisotopic (exact) mass is 313 g/mol. The fraction of sp³-hybridized carbons (Fsp3) is 0.600. The van der Waals surface area contributed by atoms with Crippen LogP contribution in [0.25, 0.3) is 0 Å². The van der Waals surface area contributed by atoms with E-state index in [-0.39, 0.29) is 5.82 Å². The smallest absolute Gasteiger partial charge is 0.146 e. The molecule has 0 bridgehead atoms. The highest BCUT2D eigenvalue weighted by molar-refractivity contribution is 9.08. The Hall–Kier alpha value is -0.570. The van der Waals surface area contributed by atoms with E-state index < -0.39 is 0 Å². The van der Waals surface area contributed by atoms with Gasteiger partial charge in [0.15, 0.2) is 0 Å². The molecule has 0 atom stereocenters. The van der Waals surface area contributed by atoms with E-state index >= 15 is 0 Å². The molecule has 0 radical (unpaired) electrons. The molecule has 1 nitrogen and oxygen atoms in total. The van der Waals surface area contributed by atoms with Gasteiger partial charge >= 0.3 is 0 Å². The first kappa shape index (κ1) is 13.9. The highest BCUT2D eigenvalue weighted by Crippen LogP contribution is 2.40. The SMILES string of the molecule is CCC1(CC)CCN(c2c(F)cccc2CBr)C1. The van der Waals surface area contributed by atoms with E-state index in [0.29, 0.717) is 10.7 Å². The normalized spacial score (nSPS) is 18.3. The molecule has 0 N–H and O–H groups in total. The molecule has 3 heteroatoms. The zero-order chi connectivity index (χ0) is 13.2. The van der Waals surface area contributed by atoms with E-state index in [1.54, 1.807) is 12.1 Å². The molecular formula is C15H21BrFN. The Morgan fingerprint density at radius 2 is 2.06 bits per heavy atom. The number of halogens is 2. The van der Waals surface area contributed by atoms with Crippen LogP contribution in [0, 0.1) is 11.2 Å². The maximum absolute atomic E-state index is 14.1. The van der Waals surface area contributed by atoms with Crippen molar-refractivity contribution in [3.63, 3.8) is 0 Å². The zero-order valence-corrected chi connectivity index (χ0v) is 12.8. The maximum atomic E-state index is 14.1. The summed E-state index contributed by atoms with van der Waals surface area (Å²) in [5.41, 5.74) is 2.24. The Labute approximate surface area is 118 Å². The van der Waals surface area contributed by atoms with Gasteiger partial charge in [0.2, 0.25) is 0 Å². The van der Waals surface area contributed by atoms with Gasteiger partial charge in [-0.25, -0.2) is 4.39 Å². The van der Waals surface area contributed by atoms with Crippen LogP contribution in [0.1, 0.15) is 38.7 Å². The number of alkyl halides is 1. The topological polar surface area (TPSA) is 3.24 Å². The number of para-hydroxylation sites is 1. The van der Waals surface area contributed by atoms with E-state index in [0.717, 1.165) is 24.3 Å². The average Bonchev–Trinajstić information content (AvgIpc) is 2.83. The number of hydrogen-bond acceptors (Lipinski definition) is 1. The molecule has 1 aliphatic heterocycles. The number of rotatable bonds is 4. The Balaban J connectivity index is 2.29. The lowest BCUT2D eigenvalue weighted by atomic mass is 9.82. The molecule has 1 aromatic carbocycles. The molecule has 0 aromatic heterocycles. The number of hydrogen-bond donors (Lipinski definition) is 0. The van der Waals surface area contributed by atoms with Crippen molar-refractivity contribution in [2.75, 3.05) is 18.0 Å². The molecule has 0 spiro atoms. The van der Waals surface area contributed by atoms with Gasteiger partial charge in [0.1, 0.15) is 5.82 Å². The third-order valence-electron chi connectivity index (χ3n) is 4.47. The minimum atomic E-state index is -0.0880. The second-order valence-corrected chi connectivity index (χ2v) is 5.82. The maximum Gasteiger partial charge on any atom is 0.146 e. The van der Waals surface area contributed by atoms with Gasteiger partial charge in [-0.15, -0.1) is 0 Å². The summed E-state index contributed by atoms with van der Waals surface area (Å²) in [6.07, 6.45) is 3.53. The van der Waals surface area contributed by atoms with Crippen molar-refractivity contribution >= 4 is 21.6 Å². The van der Waals surface area contributed by atoms with Crippen LogP contribution in [-0.2, 0) is 5.33 Å². The van der Waals surface area contributed by atoms with E-state index in [9.17, 15) is 4.39 Å². The Kier molecular flexibility index (Phi) is 4.31. The summed E-state index contributed by atoms with van der Waals surface area (Å²) < 4.78 is 14.1. The highest BCUT2D eigenvalue weighted by atomic mass is 79.9. The molecule has 1 aromatic rings. The summed E-state index contributed by atoms with van der Waals surface area (Å²) in [4.78, 5) is 2.24. The Bertz CT molecular complexity index is 415. The summed E-state index contributed by atoms with van der Waals surface area (Å²) in [5.74, 6) is -0.0880. The molecule has 18 heavy (non-hydrogen) atoms. The van der Waals surface area contributed by atoms with Crippen LogP contribution in [-0.4, -0.2) is 13.1 Å². The van der Waals surface area contributed by atoms with Gasteiger partial charge in [-0.1, -0.05) is 41.9 Å². The molecule has 1 fully saturated rings.